The van der Waals surface area contributed by atoms with Gasteiger partial charge in [0.05, 0.1) is 13.0 Å². The molecular formula is C54H74N9O13P. The molecule has 1 aromatic heterocycles. The highest BCUT2D eigenvalue weighted by Gasteiger charge is 2.34. The van der Waals surface area contributed by atoms with Crippen molar-refractivity contribution >= 4 is 71.7 Å². The number of carboxylic acids is 1. The lowest BCUT2D eigenvalue weighted by atomic mass is 10.0. The SMILES string of the molecule is CCCC[C@H](NC(=O)[C@H](Cc1ccc(OP(C)(C)=O)cc1)NC(=O)OC(C)(C)C)C(=O)NCC(=O)N[C@@H](Cc1c[nH]c2ccccc12)C(=O)N[C@@H](CCCC)C(=O)N[C@@H](CC(=O)O)C(=O)N[C@@H](Cc1ccccc1)C(N)=O. The van der Waals surface area contributed by atoms with Crippen LogP contribution in [0.25, 0.3) is 10.9 Å². The van der Waals surface area contributed by atoms with Crippen molar-refractivity contribution in [2.45, 2.75) is 141 Å². The second-order valence-electron chi connectivity index (χ2n) is 20.0. The lowest BCUT2D eigenvalue weighted by molar-refractivity contribution is -0.141. The average molecular weight is 1090 g/mol. The second-order valence-corrected chi connectivity index (χ2v) is 22.7. The molecule has 1 heterocycles. The Morgan fingerprint density at radius 3 is 1.70 bits per heavy atom. The van der Waals surface area contributed by atoms with Crippen LogP contribution in [0.2, 0.25) is 0 Å². The topological polar surface area (TPSA) is 335 Å². The molecule has 0 unspecified atom stereocenters. The number of alkyl carbamates (subject to hydrolysis) is 1. The van der Waals surface area contributed by atoms with Gasteiger partial charge in [-0.15, -0.1) is 0 Å². The standard InChI is InChI=1S/C54H74N9O13P/c1-8-10-20-39(59-50(70)42(63-53(73)75-54(3,4)5)28-34-23-25-36(26-24-34)76-77(6,7)74)48(68)57-32-45(64)58-43(29-35-31-56-38-22-16-15-19-37(35)38)51(71)60-40(21-11-9-2)49(69)62-44(30-46(65)66)52(72)61-41(47(55)67)27-33-17-13-12-14-18-33/h12-19,22-26,31,39-44,56H,8-11,20-21,27-30,32H2,1-7H3,(H2,55,67)(H,57,68)(H,58,64)(H,59,70)(H,60,71)(H,61,72)(H,62,69)(H,63,73)(H,65,66)/t39-,40-,41-,42-,43-,44-/m0/s1. The predicted molar refractivity (Wildman–Crippen MR) is 289 cm³/mol. The van der Waals surface area contributed by atoms with Crippen molar-refractivity contribution in [1.29, 1.82) is 0 Å². The molecule has 0 bridgehead atoms. The molecule has 3 aromatic carbocycles. The number of rotatable bonds is 30. The van der Waals surface area contributed by atoms with Gasteiger partial charge in [-0.2, -0.15) is 0 Å². The number of primary amides is 1. The minimum atomic E-state index is -2.87. The van der Waals surface area contributed by atoms with E-state index in [4.69, 9.17) is 15.0 Å². The monoisotopic (exact) mass is 1090 g/mol. The molecule has 0 saturated heterocycles. The minimum absolute atomic E-state index is 0.0110. The Labute approximate surface area is 448 Å². The van der Waals surface area contributed by atoms with E-state index in [-0.39, 0.29) is 32.1 Å². The molecule has 0 spiro atoms. The summed E-state index contributed by atoms with van der Waals surface area (Å²) < 4.78 is 23.1. The fourth-order valence-electron chi connectivity index (χ4n) is 8.00. The summed E-state index contributed by atoms with van der Waals surface area (Å²) in [7, 11) is -2.87. The zero-order valence-electron chi connectivity index (χ0n) is 44.7. The van der Waals surface area contributed by atoms with Crippen LogP contribution in [0.3, 0.4) is 0 Å². The van der Waals surface area contributed by atoms with Gasteiger partial charge in [-0.25, -0.2) is 4.79 Å². The van der Waals surface area contributed by atoms with E-state index in [1.165, 1.54) is 13.3 Å². The minimum Gasteiger partial charge on any atom is -0.481 e. The Bertz CT molecular complexity index is 2720. The highest BCUT2D eigenvalue weighted by atomic mass is 31.2. The summed E-state index contributed by atoms with van der Waals surface area (Å²) >= 11 is 0. The fourth-order valence-corrected chi connectivity index (χ4v) is 8.63. The molecule has 4 aromatic rings. The number of ether oxygens (including phenoxy) is 1. The Balaban J connectivity index is 1.53. The van der Waals surface area contributed by atoms with Crippen LogP contribution in [0, 0.1) is 0 Å². The first-order valence-electron chi connectivity index (χ1n) is 25.6. The Morgan fingerprint density at radius 1 is 0.623 bits per heavy atom. The summed E-state index contributed by atoms with van der Waals surface area (Å²) in [4.78, 5) is 124. The Kier molecular flexibility index (Phi) is 23.7. The lowest BCUT2D eigenvalue weighted by Gasteiger charge is -2.26. The summed E-state index contributed by atoms with van der Waals surface area (Å²) in [6.07, 6.45) is 2.03. The van der Waals surface area contributed by atoms with E-state index >= 15 is 0 Å². The number of carboxylic acid groups (broad SMARTS) is 1. The van der Waals surface area contributed by atoms with Gasteiger partial charge in [0.15, 0.2) is 0 Å². The number of nitrogens with two attached hydrogens (primary N) is 1. The van der Waals surface area contributed by atoms with E-state index in [1.807, 2.05) is 32.0 Å². The molecule has 0 aliphatic heterocycles. The average Bonchev–Trinajstić information content (AvgIpc) is 3.77. The lowest BCUT2D eigenvalue weighted by Crippen LogP contribution is -2.59. The van der Waals surface area contributed by atoms with Gasteiger partial charge in [0.2, 0.25) is 48.7 Å². The van der Waals surface area contributed by atoms with Gasteiger partial charge in [0, 0.05) is 49.7 Å². The van der Waals surface area contributed by atoms with Gasteiger partial charge >= 0.3 is 12.1 Å². The summed E-state index contributed by atoms with van der Waals surface area (Å²) in [6, 6.07) is 14.2. The van der Waals surface area contributed by atoms with Gasteiger partial charge in [0.1, 0.15) is 47.6 Å². The molecule has 0 aliphatic carbocycles. The summed E-state index contributed by atoms with van der Waals surface area (Å²) in [5.41, 5.74) is 7.29. The highest BCUT2D eigenvalue weighted by molar-refractivity contribution is 7.57. The van der Waals surface area contributed by atoms with E-state index in [9.17, 15) is 52.8 Å². The van der Waals surface area contributed by atoms with Crippen LogP contribution in [0.4, 0.5) is 4.79 Å². The summed E-state index contributed by atoms with van der Waals surface area (Å²) in [5.74, 6) is -7.00. The van der Waals surface area contributed by atoms with E-state index in [0.717, 1.165) is 10.9 Å². The third-order valence-corrected chi connectivity index (χ3v) is 12.4. The van der Waals surface area contributed by atoms with Crippen molar-refractivity contribution < 1.29 is 62.1 Å². The highest BCUT2D eigenvalue weighted by Crippen LogP contribution is 2.38. The van der Waals surface area contributed by atoms with E-state index in [1.54, 1.807) is 87.6 Å². The number of aromatic nitrogens is 1. The maximum absolute atomic E-state index is 14.4. The molecule has 77 heavy (non-hydrogen) atoms. The van der Waals surface area contributed by atoms with Crippen molar-refractivity contribution in [2.24, 2.45) is 5.73 Å². The number of fused-ring (bicyclic) bond motifs is 1. The smallest absolute Gasteiger partial charge is 0.408 e. The summed E-state index contributed by atoms with van der Waals surface area (Å²) in [6.45, 7) is 11.0. The number of carbonyl (C=O) groups is 9. The number of hydrogen-bond donors (Lipinski definition) is 10. The number of unbranched alkanes of at least 4 members (excludes halogenated alkanes) is 2. The van der Waals surface area contributed by atoms with Crippen molar-refractivity contribution in [3.05, 3.63) is 102 Å². The first-order valence-corrected chi connectivity index (χ1v) is 28.1. The van der Waals surface area contributed by atoms with Crippen molar-refractivity contribution in [3.8, 4) is 5.75 Å². The van der Waals surface area contributed by atoms with Gasteiger partial charge in [0.25, 0.3) is 0 Å². The van der Waals surface area contributed by atoms with E-state index < -0.39 is 116 Å². The van der Waals surface area contributed by atoms with Crippen molar-refractivity contribution in [3.63, 3.8) is 0 Å². The third kappa shape index (κ3) is 21.8. The number of aromatic amines is 1. The van der Waals surface area contributed by atoms with Crippen LogP contribution in [0.5, 0.6) is 5.75 Å². The molecule has 0 fully saturated rings. The van der Waals surface area contributed by atoms with Crippen LogP contribution in [-0.2, 0) is 66.9 Å². The number of carbonyl (C=O) groups excluding carboxylic acids is 8. The van der Waals surface area contributed by atoms with Crippen LogP contribution >= 0.6 is 7.37 Å². The van der Waals surface area contributed by atoms with Gasteiger partial charge in [-0.05, 0) is 68.5 Å². The Morgan fingerprint density at radius 2 is 1.13 bits per heavy atom. The van der Waals surface area contributed by atoms with Crippen LogP contribution in [0.1, 0.15) is 96.3 Å². The fraction of sp³-hybridized carbons (Fsp3) is 0.463. The maximum atomic E-state index is 14.4. The number of hydrogen-bond acceptors (Lipinski definition) is 12. The van der Waals surface area contributed by atoms with Crippen LogP contribution in [0.15, 0.2) is 85.1 Å². The number of amides is 8. The number of benzene rings is 3. The maximum Gasteiger partial charge on any atom is 0.408 e. The Hall–Kier alpha value is -7.74. The second kappa shape index (κ2) is 29.5. The number of nitrogens with one attached hydrogen (secondary N) is 8. The molecular weight excluding hydrogens is 1010 g/mol. The van der Waals surface area contributed by atoms with Gasteiger partial charge in [-0.1, -0.05) is 100 Å². The van der Waals surface area contributed by atoms with Crippen molar-refractivity contribution in [1.82, 2.24) is 42.2 Å². The first-order chi connectivity index (χ1) is 36.3. The zero-order chi connectivity index (χ0) is 56.9. The molecule has 23 heteroatoms. The molecule has 0 aliphatic rings. The predicted octanol–water partition coefficient (Wildman–Crippen LogP) is 3.89. The van der Waals surface area contributed by atoms with Gasteiger partial charge in [-0.3, -0.25) is 42.9 Å². The zero-order valence-corrected chi connectivity index (χ0v) is 45.6. The molecule has 0 radical (unpaired) electrons. The molecule has 22 nitrogen and oxygen atoms in total. The number of H-pyrrole nitrogens is 1. The normalized spacial score (nSPS) is 13.8. The number of aliphatic carboxylic acids is 1. The van der Waals surface area contributed by atoms with Crippen LogP contribution in [-0.4, -0.2) is 125 Å². The molecule has 8 amide bonds. The quantitative estimate of drug-likeness (QED) is 0.0332. The van der Waals surface area contributed by atoms with Crippen LogP contribution < -0.4 is 47.5 Å². The van der Waals surface area contributed by atoms with E-state index in [2.05, 4.69) is 42.2 Å². The van der Waals surface area contributed by atoms with Crippen molar-refractivity contribution in [2.75, 3.05) is 19.9 Å². The third-order valence-electron chi connectivity index (χ3n) is 11.8. The molecule has 418 valence electrons. The number of para-hydroxylation sites is 1. The van der Waals surface area contributed by atoms with Gasteiger partial charge < -0.3 is 62.3 Å². The summed E-state index contributed by atoms with van der Waals surface area (Å²) in [5, 5.41) is 28.6. The first kappa shape index (κ1) is 61.8. The van der Waals surface area contributed by atoms with E-state index in [0.29, 0.717) is 48.1 Å². The molecule has 4 rings (SSSR count). The molecule has 0 saturated carbocycles. The largest absolute Gasteiger partial charge is 0.481 e. The molecule has 11 N–H and O–H groups in total. The molecule has 6 atom stereocenters.